The van der Waals surface area contributed by atoms with Gasteiger partial charge in [-0.15, -0.1) is 0 Å². The van der Waals surface area contributed by atoms with Crippen molar-refractivity contribution in [1.29, 1.82) is 0 Å². The summed E-state index contributed by atoms with van der Waals surface area (Å²) in [4.78, 5) is 54.1. The number of carboxylic acids is 1. The van der Waals surface area contributed by atoms with E-state index in [9.17, 15) is 24.3 Å². The van der Waals surface area contributed by atoms with E-state index in [2.05, 4.69) is 20.9 Å². The minimum Gasteiger partial charge on any atom is -0.480 e. The fraction of sp³-hybridized carbons (Fsp3) is 0.783. The lowest BCUT2D eigenvalue weighted by atomic mass is 10.0. The van der Waals surface area contributed by atoms with Crippen LogP contribution in [-0.4, -0.2) is 77.5 Å². The van der Waals surface area contributed by atoms with Gasteiger partial charge in [0.25, 0.3) is 0 Å². The first-order valence-corrected chi connectivity index (χ1v) is 13.6. The molecule has 0 saturated heterocycles. The lowest BCUT2D eigenvalue weighted by Gasteiger charge is -2.26. The first-order valence-electron chi connectivity index (χ1n) is 12.2. The van der Waals surface area contributed by atoms with E-state index >= 15 is 0 Å². The van der Waals surface area contributed by atoms with Crippen LogP contribution in [0.3, 0.4) is 0 Å². The van der Waals surface area contributed by atoms with E-state index < -0.39 is 47.9 Å². The summed E-state index contributed by atoms with van der Waals surface area (Å²) < 4.78 is 0. The van der Waals surface area contributed by atoms with Crippen LogP contribution in [0.25, 0.3) is 0 Å². The van der Waals surface area contributed by atoms with Crippen LogP contribution in [0.2, 0.25) is 0 Å². The highest BCUT2D eigenvalue weighted by atomic mass is 32.2. The van der Waals surface area contributed by atoms with E-state index in [-0.39, 0.29) is 24.2 Å². The highest BCUT2D eigenvalue weighted by Gasteiger charge is 2.30. The van der Waals surface area contributed by atoms with Crippen LogP contribution in [0.1, 0.15) is 59.8 Å². The summed E-state index contributed by atoms with van der Waals surface area (Å²) in [5.74, 6) is -2.07. The summed E-state index contributed by atoms with van der Waals surface area (Å²) in [7, 11) is 0. The number of rotatable bonds is 18. The maximum Gasteiger partial charge on any atom is 0.326 e. The second-order valence-corrected chi connectivity index (χ2v) is 10.6. The van der Waals surface area contributed by atoms with E-state index in [1.165, 1.54) is 11.8 Å². The van der Waals surface area contributed by atoms with Crippen molar-refractivity contribution in [3.05, 3.63) is 0 Å². The summed E-state index contributed by atoms with van der Waals surface area (Å²) in [5, 5.41) is 17.4. The maximum absolute atomic E-state index is 13.1. The zero-order chi connectivity index (χ0) is 27.8. The van der Waals surface area contributed by atoms with Crippen LogP contribution in [0.4, 0.5) is 0 Å². The molecule has 0 aromatic carbocycles. The van der Waals surface area contributed by atoms with Crippen LogP contribution in [-0.2, 0) is 19.2 Å². The SMILES string of the molecule is CSCCC(NC(=O)C(CC(C)C)NC(=O)C(N)CCCN=C(N)N)C(=O)NC(CC(C)C)C(=O)O. The number of carbonyl (C=O) groups is 4. The molecule has 3 amide bonds. The highest BCUT2D eigenvalue weighted by molar-refractivity contribution is 7.98. The van der Waals surface area contributed by atoms with Crippen molar-refractivity contribution in [2.75, 3.05) is 18.6 Å². The van der Waals surface area contributed by atoms with Crippen molar-refractivity contribution in [2.24, 2.45) is 34.0 Å². The molecule has 208 valence electrons. The fourth-order valence-corrected chi connectivity index (χ4v) is 3.85. The summed E-state index contributed by atoms with van der Waals surface area (Å²) in [6.45, 7) is 7.87. The quantitative estimate of drug-likeness (QED) is 0.0704. The predicted octanol–water partition coefficient (Wildman–Crippen LogP) is -0.248. The third-order valence-electron chi connectivity index (χ3n) is 5.21. The largest absolute Gasteiger partial charge is 0.480 e. The van der Waals surface area contributed by atoms with Crippen molar-refractivity contribution in [3.8, 4) is 0 Å². The summed E-state index contributed by atoms with van der Waals surface area (Å²) in [6.07, 6.45) is 3.58. The number of guanidine groups is 1. The molecule has 0 aromatic rings. The Morgan fingerprint density at radius 2 is 1.33 bits per heavy atom. The highest BCUT2D eigenvalue weighted by Crippen LogP contribution is 2.10. The standard InChI is InChI=1S/C23H45N7O5S/c1-13(2)11-17(29-19(31)15(24)7-6-9-27-23(25)26)21(33)28-16(8-10-36-5)20(32)30-18(22(34)35)12-14(3)4/h13-18H,6-12,24H2,1-5H3,(H,28,33)(H,29,31)(H,30,32)(H,34,35)(H4,25,26,27). The maximum atomic E-state index is 13.1. The van der Waals surface area contributed by atoms with E-state index in [4.69, 9.17) is 17.2 Å². The van der Waals surface area contributed by atoms with Gasteiger partial charge in [0.15, 0.2) is 5.96 Å². The van der Waals surface area contributed by atoms with Crippen LogP contribution in [0.15, 0.2) is 4.99 Å². The molecule has 0 bridgehead atoms. The van der Waals surface area contributed by atoms with E-state index in [0.717, 1.165) is 0 Å². The Bertz CT molecular complexity index is 744. The second kappa shape index (κ2) is 17.8. The van der Waals surface area contributed by atoms with Gasteiger partial charge in [0.2, 0.25) is 17.7 Å². The van der Waals surface area contributed by atoms with Gasteiger partial charge in [0.05, 0.1) is 6.04 Å². The van der Waals surface area contributed by atoms with Gasteiger partial charge >= 0.3 is 5.97 Å². The van der Waals surface area contributed by atoms with Crippen molar-refractivity contribution in [2.45, 2.75) is 84.0 Å². The molecule has 0 saturated carbocycles. The molecule has 0 aromatic heterocycles. The first kappa shape index (κ1) is 33.5. The third-order valence-corrected chi connectivity index (χ3v) is 5.85. The van der Waals surface area contributed by atoms with Gasteiger partial charge in [-0.3, -0.25) is 19.4 Å². The van der Waals surface area contributed by atoms with Gasteiger partial charge in [-0.1, -0.05) is 27.7 Å². The Morgan fingerprint density at radius 1 is 0.833 bits per heavy atom. The average molecular weight is 532 g/mol. The molecule has 0 rings (SSSR count). The minimum atomic E-state index is -1.13. The topological polar surface area (TPSA) is 215 Å². The van der Waals surface area contributed by atoms with Gasteiger partial charge in [0.1, 0.15) is 18.1 Å². The second-order valence-electron chi connectivity index (χ2n) is 9.62. The molecular formula is C23H45N7O5S. The van der Waals surface area contributed by atoms with E-state index in [0.29, 0.717) is 38.0 Å². The predicted molar refractivity (Wildman–Crippen MR) is 143 cm³/mol. The third kappa shape index (κ3) is 14.8. The molecule has 0 radical (unpaired) electrons. The van der Waals surface area contributed by atoms with Crippen molar-refractivity contribution < 1.29 is 24.3 Å². The molecule has 36 heavy (non-hydrogen) atoms. The molecule has 0 spiro atoms. The number of hydrogen-bond acceptors (Lipinski definition) is 7. The number of nitrogens with zero attached hydrogens (tertiary/aromatic N) is 1. The molecular weight excluding hydrogens is 486 g/mol. The van der Waals surface area contributed by atoms with Gasteiger partial charge in [-0.25, -0.2) is 4.79 Å². The number of carbonyl (C=O) groups excluding carboxylic acids is 3. The smallest absolute Gasteiger partial charge is 0.326 e. The zero-order valence-electron chi connectivity index (χ0n) is 22.1. The molecule has 12 nitrogen and oxygen atoms in total. The van der Waals surface area contributed by atoms with Crippen LogP contribution in [0, 0.1) is 11.8 Å². The van der Waals surface area contributed by atoms with Gasteiger partial charge < -0.3 is 38.3 Å². The number of nitrogens with two attached hydrogens (primary N) is 3. The van der Waals surface area contributed by atoms with Gasteiger partial charge in [-0.2, -0.15) is 11.8 Å². The minimum absolute atomic E-state index is 0.0411. The lowest BCUT2D eigenvalue weighted by Crippen LogP contribution is -2.57. The number of aliphatic carboxylic acids is 1. The lowest BCUT2D eigenvalue weighted by molar-refractivity contribution is -0.142. The average Bonchev–Trinajstić information content (AvgIpc) is 2.77. The first-order chi connectivity index (χ1) is 16.8. The van der Waals surface area contributed by atoms with Crippen molar-refractivity contribution in [1.82, 2.24) is 16.0 Å². The fourth-order valence-electron chi connectivity index (χ4n) is 3.37. The monoisotopic (exact) mass is 531 g/mol. The molecule has 13 heteroatoms. The molecule has 10 N–H and O–H groups in total. The zero-order valence-corrected chi connectivity index (χ0v) is 22.9. The molecule has 0 aliphatic heterocycles. The van der Waals surface area contributed by atoms with Gasteiger partial charge in [-0.05, 0) is 55.9 Å². The Kier molecular flexibility index (Phi) is 16.6. The van der Waals surface area contributed by atoms with Crippen molar-refractivity contribution >= 4 is 41.4 Å². The number of hydrogen-bond donors (Lipinski definition) is 7. The molecule has 4 atom stereocenters. The van der Waals surface area contributed by atoms with E-state index in [1.54, 1.807) is 0 Å². The van der Waals surface area contributed by atoms with Crippen LogP contribution < -0.4 is 33.2 Å². The Hall–Kier alpha value is -2.54. The number of aliphatic imine (C=N–C) groups is 1. The van der Waals surface area contributed by atoms with Gasteiger partial charge in [0, 0.05) is 6.54 Å². The molecule has 0 heterocycles. The number of nitrogens with one attached hydrogen (secondary N) is 3. The molecule has 0 aliphatic carbocycles. The number of carboxylic acid groups (broad SMARTS) is 1. The summed E-state index contributed by atoms with van der Waals surface area (Å²) in [5.41, 5.74) is 16.5. The number of thioether (sulfide) groups is 1. The van der Waals surface area contributed by atoms with Crippen LogP contribution >= 0.6 is 11.8 Å². The van der Waals surface area contributed by atoms with Crippen molar-refractivity contribution in [3.63, 3.8) is 0 Å². The molecule has 0 aliphatic rings. The summed E-state index contributed by atoms with van der Waals surface area (Å²) >= 11 is 1.50. The number of amides is 3. The Labute approximate surface area is 218 Å². The Morgan fingerprint density at radius 3 is 1.83 bits per heavy atom. The molecule has 0 fully saturated rings. The van der Waals surface area contributed by atoms with Crippen LogP contribution in [0.5, 0.6) is 0 Å². The Balaban J connectivity index is 5.37. The normalized spacial score (nSPS) is 14.4. The molecule has 4 unspecified atom stereocenters. The van der Waals surface area contributed by atoms with E-state index in [1.807, 2.05) is 34.0 Å². The summed E-state index contributed by atoms with van der Waals surface area (Å²) in [6, 6.07) is -3.77.